The summed E-state index contributed by atoms with van der Waals surface area (Å²) >= 11 is 5.76. The van der Waals surface area contributed by atoms with E-state index in [2.05, 4.69) is 10.2 Å². The monoisotopic (exact) mass is 206 g/mol. The lowest BCUT2D eigenvalue weighted by Gasteiger charge is -1.98. The quantitative estimate of drug-likeness (QED) is 0.520. The average molecular weight is 207 g/mol. The van der Waals surface area contributed by atoms with Crippen molar-refractivity contribution in [1.82, 2.24) is 5.32 Å². The molecule has 0 saturated heterocycles. The van der Waals surface area contributed by atoms with Crippen LogP contribution >= 0.6 is 11.6 Å². The van der Waals surface area contributed by atoms with Crippen LogP contribution in [0.4, 0.5) is 5.69 Å². The minimum Gasteiger partial charge on any atom is -0.288 e. The fourth-order valence-electron chi connectivity index (χ4n) is 1.30. The molecule has 68 valence electrons. The molecule has 0 atom stereocenters. The molecule has 2 amide bonds. The summed E-state index contributed by atoms with van der Waals surface area (Å²) in [4.78, 5) is 25.5. The predicted molar refractivity (Wildman–Crippen MR) is 49.5 cm³/mol. The van der Waals surface area contributed by atoms with Gasteiger partial charge in [0.15, 0.2) is 5.69 Å². The van der Waals surface area contributed by atoms with Crippen molar-refractivity contribution >= 4 is 29.1 Å². The highest BCUT2D eigenvalue weighted by molar-refractivity contribution is 6.37. The molecule has 0 aromatic heterocycles. The van der Waals surface area contributed by atoms with E-state index in [1.165, 1.54) is 12.1 Å². The van der Waals surface area contributed by atoms with Crippen LogP contribution in [0.15, 0.2) is 12.1 Å². The molecule has 1 aromatic carbocycles. The Kier molecular flexibility index (Phi) is 1.76. The van der Waals surface area contributed by atoms with E-state index < -0.39 is 11.8 Å². The Hall–Kier alpha value is -1.86. The number of carbonyl (C=O) groups is 2. The van der Waals surface area contributed by atoms with E-state index >= 15 is 0 Å². The Labute approximate surface area is 84.3 Å². The van der Waals surface area contributed by atoms with E-state index in [9.17, 15) is 9.59 Å². The number of benzene rings is 1. The Morgan fingerprint density at radius 3 is 2.64 bits per heavy atom. The van der Waals surface area contributed by atoms with Crippen molar-refractivity contribution in [1.29, 1.82) is 0 Å². The Balaban J connectivity index is 2.76. The summed E-state index contributed by atoms with van der Waals surface area (Å²) in [6.45, 7) is 6.77. The predicted octanol–water partition coefficient (Wildman–Crippen LogP) is 1.77. The number of nitrogens with zero attached hydrogens (tertiary/aromatic N) is 1. The number of hydrogen-bond donors (Lipinski definition) is 1. The molecule has 1 aliphatic heterocycles. The second kappa shape index (κ2) is 2.82. The topological polar surface area (TPSA) is 50.5 Å². The zero-order valence-corrected chi connectivity index (χ0v) is 7.55. The summed E-state index contributed by atoms with van der Waals surface area (Å²) < 4.78 is 0. The van der Waals surface area contributed by atoms with Crippen LogP contribution in [0, 0.1) is 6.57 Å². The normalized spacial score (nSPS) is 13.4. The molecular weight excluding hydrogens is 204 g/mol. The first-order valence-corrected chi connectivity index (χ1v) is 4.08. The Bertz CT molecular complexity index is 502. The molecule has 5 heteroatoms. The van der Waals surface area contributed by atoms with Crippen LogP contribution in [0.25, 0.3) is 4.85 Å². The molecule has 0 aliphatic carbocycles. The highest BCUT2D eigenvalue weighted by Crippen LogP contribution is 2.29. The summed E-state index contributed by atoms with van der Waals surface area (Å²) in [6.07, 6.45) is 0. The van der Waals surface area contributed by atoms with Gasteiger partial charge in [0.2, 0.25) is 0 Å². The van der Waals surface area contributed by atoms with Crippen LogP contribution in [-0.2, 0) is 0 Å². The van der Waals surface area contributed by atoms with Crippen LogP contribution in [-0.4, -0.2) is 11.8 Å². The van der Waals surface area contributed by atoms with Crippen LogP contribution < -0.4 is 5.32 Å². The van der Waals surface area contributed by atoms with E-state index in [0.29, 0.717) is 0 Å². The van der Waals surface area contributed by atoms with Gasteiger partial charge < -0.3 is 0 Å². The van der Waals surface area contributed by atoms with Gasteiger partial charge in [-0.25, -0.2) is 4.85 Å². The molecule has 1 aromatic rings. The van der Waals surface area contributed by atoms with Gasteiger partial charge in [-0.2, -0.15) is 0 Å². The van der Waals surface area contributed by atoms with Crippen molar-refractivity contribution in [3.63, 3.8) is 0 Å². The molecule has 2 rings (SSSR count). The third kappa shape index (κ3) is 1.07. The molecule has 0 radical (unpaired) electrons. The molecular formula is C9H3ClN2O2. The molecule has 1 aliphatic rings. The van der Waals surface area contributed by atoms with Gasteiger partial charge in [-0.05, 0) is 12.1 Å². The molecule has 4 nitrogen and oxygen atoms in total. The number of rotatable bonds is 0. The molecule has 1 N–H and O–H groups in total. The van der Waals surface area contributed by atoms with Gasteiger partial charge >= 0.3 is 0 Å². The van der Waals surface area contributed by atoms with Crippen molar-refractivity contribution in [2.45, 2.75) is 0 Å². The summed E-state index contributed by atoms with van der Waals surface area (Å²) in [5, 5.41) is 2.25. The number of hydrogen-bond acceptors (Lipinski definition) is 2. The molecule has 0 unspecified atom stereocenters. The van der Waals surface area contributed by atoms with Gasteiger partial charge in [0, 0.05) is 10.6 Å². The van der Waals surface area contributed by atoms with E-state index in [0.717, 1.165) is 0 Å². The maximum Gasteiger partial charge on any atom is 0.260 e. The maximum absolute atomic E-state index is 11.2. The highest BCUT2D eigenvalue weighted by Gasteiger charge is 2.29. The van der Waals surface area contributed by atoms with Gasteiger partial charge in [-0.15, -0.1) is 0 Å². The number of fused-ring (bicyclic) bond motifs is 1. The summed E-state index contributed by atoms with van der Waals surface area (Å²) in [5.41, 5.74) is 0.580. The molecule has 0 saturated carbocycles. The van der Waals surface area contributed by atoms with E-state index in [-0.39, 0.29) is 21.8 Å². The summed E-state index contributed by atoms with van der Waals surface area (Å²) in [7, 11) is 0. The Morgan fingerprint density at radius 2 is 2.00 bits per heavy atom. The molecule has 0 fully saturated rings. The maximum atomic E-state index is 11.2. The lowest BCUT2D eigenvalue weighted by atomic mass is 10.1. The lowest BCUT2D eigenvalue weighted by molar-refractivity contribution is 0.0879. The van der Waals surface area contributed by atoms with Crippen molar-refractivity contribution in [3.8, 4) is 0 Å². The number of halogens is 1. The van der Waals surface area contributed by atoms with Crippen molar-refractivity contribution in [3.05, 3.63) is 39.7 Å². The first-order valence-electron chi connectivity index (χ1n) is 3.70. The number of amides is 2. The first-order chi connectivity index (χ1) is 6.63. The molecule has 14 heavy (non-hydrogen) atoms. The average Bonchev–Trinajstić information content (AvgIpc) is 2.42. The van der Waals surface area contributed by atoms with Gasteiger partial charge in [0.25, 0.3) is 11.8 Å². The summed E-state index contributed by atoms with van der Waals surface area (Å²) in [6, 6.07) is 2.72. The van der Waals surface area contributed by atoms with Gasteiger partial charge in [0.05, 0.1) is 12.1 Å². The van der Waals surface area contributed by atoms with Crippen LogP contribution in [0.3, 0.4) is 0 Å². The van der Waals surface area contributed by atoms with Crippen molar-refractivity contribution in [2.24, 2.45) is 0 Å². The van der Waals surface area contributed by atoms with Gasteiger partial charge in [-0.1, -0.05) is 11.6 Å². The van der Waals surface area contributed by atoms with Crippen LogP contribution in [0.2, 0.25) is 5.02 Å². The van der Waals surface area contributed by atoms with Gasteiger partial charge in [-0.3, -0.25) is 14.9 Å². The zero-order chi connectivity index (χ0) is 10.3. The highest BCUT2D eigenvalue weighted by atomic mass is 35.5. The van der Waals surface area contributed by atoms with E-state index in [1.807, 2.05) is 0 Å². The second-order valence-electron chi connectivity index (χ2n) is 2.75. The third-order valence-electron chi connectivity index (χ3n) is 1.90. The Morgan fingerprint density at radius 1 is 1.29 bits per heavy atom. The van der Waals surface area contributed by atoms with Gasteiger partial charge in [0.1, 0.15) is 0 Å². The zero-order valence-electron chi connectivity index (χ0n) is 6.80. The molecule has 0 spiro atoms. The van der Waals surface area contributed by atoms with E-state index in [4.69, 9.17) is 18.2 Å². The van der Waals surface area contributed by atoms with Crippen LogP contribution in [0.1, 0.15) is 20.7 Å². The minimum absolute atomic E-state index is 0.136. The number of imide groups is 1. The second-order valence-corrected chi connectivity index (χ2v) is 3.15. The summed E-state index contributed by atoms with van der Waals surface area (Å²) in [5.74, 6) is -1.01. The lowest BCUT2D eigenvalue weighted by Crippen LogP contribution is -2.19. The largest absolute Gasteiger partial charge is 0.288 e. The first kappa shape index (κ1) is 8.73. The minimum atomic E-state index is -0.508. The molecule has 1 heterocycles. The SMILES string of the molecule is [C-]#[N+]c1cc(Cl)c2c(c1)C(=O)NC2=O. The van der Waals surface area contributed by atoms with Crippen molar-refractivity contribution in [2.75, 3.05) is 0 Å². The smallest absolute Gasteiger partial charge is 0.260 e. The fraction of sp³-hybridized carbons (Fsp3) is 0. The standard InChI is InChI=1S/C9H3ClN2O2/c1-11-4-2-5-7(6(10)3-4)9(14)12-8(5)13/h2-3H,(H,12,13,14). The van der Waals surface area contributed by atoms with E-state index in [1.54, 1.807) is 0 Å². The molecule has 0 bridgehead atoms. The third-order valence-corrected chi connectivity index (χ3v) is 2.20. The van der Waals surface area contributed by atoms with Crippen LogP contribution in [0.5, 0.6) is 0 Å². The number of carbonyl (C=O) groups excluding carboxylic acids is 2. The number of nitrogens with one attached hydrogen (secondary N) is 1. The fourth-order valence-corrected chi connectivity index (χ4v) is 1.60. The van der Waals surface area contributed by atoms with Crippen molar-refractivity contribution < 1.29 is 9.59 Å².